The minimum absolute atomic E-state index is 0.409. The van der Waals surface area contributed by atoms with Gasteiger partial charge in [-0.15, -0.1) is 0 Å². The summed E-state index contributed by atoms with van der Waals surface area (Å²) in [5.41, 5.74) is 1.34. The minimum atomic E-state index is -0.765. The van der Waals surface area contributed by atoms with Crippen LogP contribution in [0.25, 0.3) is 11.2 Å². The molecule has 3 fully saturated rings. The van der Waals surface area contributed by atoms with E-state index in [0.717, 1.165) is 24.9 Å². The van der Waals surface area contributed by atoms with Crippen LogP contribution in [0.4, 0.5) is 5.82 Å². The molecular weight excluding hydrogens is 350 g/mol. The Labute approximate surface area is 156 Å². The predicted octanol–water partition coefficient (Wildman–Crippen LogP) is 1.80. The summed E-state index contributed by atoms with van der Waals surface area (Å²) in [7, 11) is 0. The van der Waals surface area contributed by atoms with Crippen LogP contribution in [0.5, 0.6) is 0 Å². The second-order valence-electron chi connectivity index (χ2n) is 7.86. The van der Waals surface area contributed by atoms with Crippen molar-refractivity contribution < 1.29 is 19.0 Å². The van der Waals surface area contributed by atoms with E-state index in [4.69, 9.17) is 14.2 Å². The van der Waals surface area contributed by atoms with Crippen molar-refractivity contribution in [1.29, 1.82) is 0 Å². The first-order chi connectivity index (χ1) is 13.1. The highest BCUT2D eigenvalue weighted by molar-refractivity contribution is 5.82. The van der Waals surface area contributed by atoms with Crippen molar-refractivity contribution in [3.8, 4) is 0 Å². The van der Waals surface area contributed by atoms with E-state index in [2.05, 4.69) is 20.3 Å². The SMILES string of the molecule is CC1(C)O[C@@H]2[C@@H](O1)[C@@H](C=O)O[C@H]2n1cnc2c(NC3CCCC3)ncnc21. The molecule has 2 aromatic heterocycles. The van der Waals surface area contributed by atoms with Gasteiger partial charge in [-0.2, -0.15) is 0 Å². The van der Waals surface area contributed by atoms with Gasteiger partial charge in [0.15, 0.2) is 35.3 Å². The predicted molar refractivity (Wildman–Crippen MR) is 95.0 cm³/mol. The van der Waals surface area contributed by atoms with Gasteiger partial charge in [0.1, 0.15) is 24.6 Å². The Kier molecular flexibility index (Phi) is 3.92. The van der Waals surface area contributed by atoms with Crippen LogP contribution in [0, 0.1) is 0 Å². The molecule has 9 nitrogen and oxygen atoms in total. The van der Waals surface area contributed by atoms with Gasteiger partial charge >= 0.3 is 0 Å². The van der Waals surface area contributed by atoms with Crippen molar-refractivity contribution in [2.24, 2.45) is 0 Å². The van der Waals surface area contributed by atoms with E-state index in [0.29, 0.717) is 17.2 Å². The van der Waals surface area contributed by atoms with Crippen molar-refractivity contribution in [3.63, 3.8) is 0 Å². The van der Waals surface area contributed by atoms with Crippen molar-refractivity contribution in [2.45, 2.75) is 75.9 Å². The third-order valence-corrected chi connectivity index (χ3v) is 5.53. The largest absolute Gasteiger partial charge is 0.365 e. The molecule has 0 aromatic carbocycles. The van der Waals surface area contributed by atoms with Crippen molar-refractivity contribution in [2.75, 3.05) is 5.32 Å². The maximum Gasteiger partial charge on any atom is 0.167 e. The number of anilines is 1. The molecule has 4 atom stereocenters. The van der Waals surface area contributed by atoms with Crippen LogP contribution < -0.4 is 5.32 Å². The van der Waals surface area contributed by atoms with Crippen LogP contribution in [0.3, 0.4) is 0 Å². The van der Waals surface area contributed by atoms with Crippen LogP contribution in [0.1, 0.15) is 45.8 Å². The quantitative estimate of drug-likeness (QED) is 0.810. The maximum absolute atomic E-state index is 11.5. The van der Waals surface area contributed by atoms with Crippen LogP contribution in [-0.4, -0.2) is 55.9 Å². The fourth-order valence-corrected chi connectivity index (χ4v) is 4.35. The molecular formula is C18H23N5O4. The van der Waals surface area contributed by atoms with Gasteiger partial charge in [-0.05, 0) is 26.7 Å². The molecule has 3 aliphatic rings. The van der Waals surface area contributed by atoms with Gasteiger partial charge < -0.3 is 24.3 Å². The number of nitrogens with zero attached hydrogens (tertiary/aromatic N) is 4. The first-order valence-corrected chi connectivity index (χ1v) is 9.46. The summed E-state index contributed by atoms with van der Waals surface area (Å²) >= 11 is 0. The van der Waals surface area contributed by atoms with Gasteiger partial charge in [-0.1, -0.05) is 12.8 Å². The van der Waals surface area contributed by atoms with Crippen LogP contribution in [0.2, 0.25) is 0 Å². The molecule has 5 rings (SSSR count). The number of nitrogens with one attached hydrogen (secondary N) is 1. The fraction of sp³-hybridized carbons (Fsp3) is 0.667. The number of aromatic nitrogens is 4. The summed E-state index contributed by atoms with van der Waals surface area (Å²) in [6.45, 7) is 3.67. The molecule has 0 unspecified atom stereocenters. The van der Waals surface area contributed by atoms with E-state index in [1.807, 2.05) is 18.4 Å². The van der Waals surface area contributed by atoms with Crippen LogP contribution in [-0.2, 0) is 19.0 Å². The Balaban J connectivity index is 1.49. The van der Waals surface area contributed by atoms with Gasteiger partial charge in [0.2, 0.25) is 0 Å². The molecule has 0 amide bonds. The van der Waals surface area contributed by atoms with E-state index >= 15 is 0 Å². The van der Waals surface area contributed by atoms with E-state index in [1.54, 1.807) is 6.33 Å². The summed E-state index contributed by atoms with van der Waals surface area (Å²) in [6.07, 6.45) is 6.64. The van der Waals surface area contributed by atoms with Crippen LogP contribution >= 0.6 is 0 Å². The molecule has 9 heteroatoms. The Morgan fingerprint density at radius 2 is 1.96 bits per heavy atom. The second-order valence-corrected chi connectivity index (χ2v) is 7.86. The zero-order chi connectivity index (χ0) is 18.6. The van der Waals surface area contributed by atoms with Gasteiger partial charge in [-0.25, -0.2) is 15.0 Å². The van der Waals surface area contributed by atoms with E-state index in [-0.39, 0.29) is 0 Å². The lowest BCUT2D eigenvalue weighted by atomic mass is 10.1. The smallest absolute Gasteiger partial charge is 0.167 e. The Morgan fingerprint density at radius 3 is 2.74 bits per heavy atom. The minimum Gasteiger partial charge on any atom is -0.365 e. The van der Waals surface area contributed by atoms with Crippen molar-refractivity contribution in [3.05, 3.63) is 12.7 Å². The zero-order valence-corrected chi connectivity index (χ0v) is 15.4. The van der Waals surface area contributed by atoms with Gasteiger partial charge in [0.25, 0.3) is 0 Å². The Bertz CT molecular complexity index is 863. The number of rotatable bonds is 4. The maximum atomic E-state index is 11.5. The third-order valence-electron chi connectivity index (χ3n) is 5.53. The number of ether oxygens (including phenoxy) is 3. The first kappa shape index (κ1) is 17.0. The monoisotopic (exact) mass is 373 g/mol. The number of hydrogen-bond donors (Lipinski definition) is 1. The number of imidazole rings is 1. The molecule has 4 heterocycles. The van der Waals surface area contributed by atoms with Gasteiger partial charge in [-0.3, -0.25) is 4.57 Å². The summed E-state index contributed by atoms with van der Waals surface area (Å²) < 4.78 is 19.6. The molecule has 2 aromatic rings. The molecule has 0 spiro atoms. The highest BCUT2D eigenvalue weighted by Crippen LogP contribution is 2.43. The van der Waals surface area contributed by atoms with E-state index < -0.39 is 30.3 Å². The molecule has 2 aliphatic heterocycles. The summed E-state index contributed by atoms with van der Waals surface area (Å²) in [5.74, 6) is -0.0322. The topological polar surface area (TPSA) is 100 Å². The molecule has 1 saturated carbocycles. The highest BCUT2D eigenvalue weighted by Gasteiger charge is 2.56. The molecule has 144 valence electrons. The molecule has 0 bridgehead atoms. The number of aldehydes is 1. The first-order valence-electron chi connectivity index (χ1n) is 9.46. The molecule has 2 saturated heterocycles. The van der Waals surface area contributed by atoms with E-state index in [1.165, 1.54) is 19.2 Å². The highest BCUT2D eigenvalue weighted by atomic mass is 16.8. The zero-order valence-electron chi connectivity index (χ0n) is 15.4. The Morgan fingerprint density at radius 1 is 1.19 bits per heavy atom. The third kappa shape index (κ3) is 2.81. The summed E-state index contributed by atoms with van der Waals surface area (Å²) in [6, 6.07) is 0.423. The molecule has 1 N–H and O–H groups in total. The lowest BCUT2D eigenvalue weighted by Crippen LogP contribution is -2.30. The molecule has 27 heavy (non-hydrogen) atoms. The Hall–Kier alpha value is -2.10. The number of carbonyl (C=O) groups is 1. The van der Waals surface area contributed by atoms with Crippen molar-refractivity contribution in [1.82, 2.24) is 19.5 Å². The summed E-state index contributed by atoms with van der Waals surface area (Å²) in [5, 5.41) is 3.49. The van der Waals surface area contributed by atoms with Gasteiger partial charge in [0, 0.05) is 6.04 Å². The number of hydrogen-bond acceptors (Lipinski definition) is 8. The van der Waals surface area contributed by atoms with E-state index in [9.17, 15) is 4.79 Å². The fourth-order valence-electron chi connectivity index (χ4n) is 4.35. The average molecular weight is 373 g/mol. The average Bonchev–Trinajstić information content (AvgIpc) is 3.38. The normalized spacial score (nSPS) is 32.8. The standard InChI is InChI=1S/C18H23N5O4/c1-18(2)26-13-11(7-24)25-17(14(13)27-18)23-9-21-12-15(19-8-20-16(12)23)22-10-5-3-4-6-10/h7-11,13-14,17H,3-6H2,1-2H3,(H,19,20,22)/t11-,13+,14-,17-/m1/s1. The van der Waals surface area contributed by atoms with Crippen molar-refractivity contribution >= 4 is 23.3 Å². The van der Waals surface area contributed by atoms with Gasteiger partial charge in [0.05, 0.1) is 6.33 Å². The summed E-state index contributed by atoms with van der Waals surface area (Å²) in [4.78, 5) is 24.8. The molecule has 1 aliphatic carbocycles. The second kappa shape index (κ2) is 6.22. The number of fused-ring (bicyclic) bond motifs is 2. The lowest BCUT2D eigenvalue weighted by molar-refractivity contribution is -0.194. The number of carbonyl (C=O) groups excluding carboxylic acids is 1. The molecule has 0 radical (unpaired) electrons. The lowest BCUT2D eigenvalue weighted by Gasteiger charge is -2.23. The van der Waals surface area contributed by atoms with Crippen LogP contribution in [0.15, 0.2) is 12.7 Å².